The van der Waals surface area contributed by atoms with E-state index in [1.807, 2.05) is 17.9 Å². The quantitative estimate of drug-likeness (QED) is 0.923. The lowest BCUT2D eigenvalue weighted by Gasteiger charge is -2.34. The number of nitrogens with zero attached hydrogens (tertiary/aromatic N) is 3. The molecule has 7 heteroatoms. The fraction of sp³-hybridized carbons (Fsp3) is 0.529. The summed E-state index contributed by atoms with van der Waals surface area (Å²) >= 11 is 1.78. The Kier molecular flexibility index (Phi) is 5.20. The molecule has 130 valence electrons. The van der Waals surface area contributed by atoms with Gasteiger partial charge in [-0.15, -0.1) is 11.3 Å². The van der Waals surface area contributed by atoms with Crippen molar-refractivity contribution in [3.05, 3.63) is 39.4 Å². The van der Waals surface area contributed by atoms with E-state index in [0.29, 0.717) is 0 Å². The summed E-state index contributed by atoms with van der Waals surface area (Å²) in [7, 11) is 0. The summed E-state index contributed by atoms with van der Waals surface area (Å²) in [6, 6.07) is 4.11. The molecule has 2 amide bonds. The number of carbonyl (C=O) groups is 1. The van der Waals surface area contributed by atoms with Crippen LogP contribution in [-0.4, -0.2) is 47.2 Å². The minimum absolute atomic E-state index is 0.0202. The molecule has 2 aromatic heterocycles. The predicted octanol–water partition coefficient (Wildman–Crippen LogP) is 2.94. The third-order valence-electron chi connectivity index (χ3n) is 4.42. The molecule has 0 radical (unpaired) electrons. The van der Waals surface area contributed by atoms with Crippen molar-refractivity contribution >= 4 is 17.4 Å². The monoisotopic (exact) mass is 348 g/mol. The van der Waals surface area contributed by atoms with Crippen molar-refractivity contribution in [3.8, 4) is 0 Å². The Hall–Kier alpha value is -1.86. The standard InChI is InChI=1S/C17H24N4O2S/c1-12-10-16(14(3)24-12)13(2)18-17(22)21-7-5-20(6-8-21)11-15-4-9-23-19-15/h4,9-10,13H,5-8,11H2,1-3H3,(H,18,22)/t13-/m0/s1. The first-order chi connectivity index (χ1) is 11.5. The first-order valence-electron chi connectivity index (χ1n) is 8.27. The molecule has 1 N–H and O–H groups in total. The second-order valence-electron chi connectivity index (χ2n) is 6.29. The Bertz CT molecular complexity index is 675. The largest absolute Gasteiger partial charge is 0.364 e. The number of hydrogen-bond donors (Lipinski definition) is 1. The summed E-state index contributed by atoms with van der Waals surface area (Å²) in [6.07, 6.45) is 1.59. The molecule has 1 saturated heterocycles. The van der Waals surface area contributed by atoms with Crippen LogP contribution in [0.3, 0.4) is 0 Å². The van der Waals surface area contributed by atoms with Gasteiger partial charge < -0.3 is 14.7 Å². The van der Waals surface area contributed by atoms with Crippen molar-refractivity contribution in [2.75, 3.05) is 26.2 Å². The van der Waals surface area contributed by atoms with Gasteiger partial charge in [-0.3, -0.25) is 4.90 Å². The van der Waals surface area contributed by atoms with E-state index in [-0.39, 0.29) is 12.1 Å². The number of aromatic nitrogens is 1. The van der Waals surface area contributed by atoms with Crippen LogP contribution in [0.4, 0.5) is 4.79 Å². The van der Waals surface area contributed by atoms with Crippen LogP contribution in [0.5, 0.6) is 0 Å². The number of aryl methyl sites for hydroxylation is 2. The fourth-order valence-electron chi connectivity index (χ4n) is 3.09. The molecule has 0 saturated carbocycles. The molecule has 0 bridgehead atoms. The molecule has 0 unspecified atom stereocenters. The topological polar surface area (TPSA) is 61.6 Å². The Morgan fingerprint density at radius 2 is 2.12 bits per heavy atom. The van der Waals surface area contributed by atoms with E-state index < -0.39 is 0 Å². The maximum atomic E-state index is 12.5. The molecule has 3 rings (SSSR count). The number of urea groups is 1. The van der Waals surface area contributed by atoms with Crippen LogP contribution in [0.25, 0.3) is 0 Å². The fourth-order valence-corrected chi connectivity index (χ4v) is 4.11. The van der Waals surface area contributed by atoms with Crippen molar-refractivity contribution in [1.82, 2.24) is 20.3 Å². The first-order valence-corrected chi connectivity index (χ1v) is 9.08. The van der Waals surface area contributed by atoms with Crippen LogP contribution in [0, 0.1) is 13.8 Å². The van der Waals surface area contributed by atoms with Crippen LogP contribution in [0.2, 0.25) is 0 Å². The normalized spacial score (nSPS) is 17.0. The average molecular weight is 348 g/mol. The number of thiophene rings is 1. The van der Waals surface area contributed by atoms with Crippen LogP contribution < -0.4 is 5.32 Å². The first kappa shape index (κ1) is 17.0. The van der Waals surface area contributed by atoms with E-state index in [0.717, 1.165) is 38.4 Å². The number of carbonyl (C=O) groups excluding carboxylic acids is 1. The maximum absolute atomic E-state index is 12.5. The summed E-state index contributed by atoms with van der Waals surface area (Å²) in [6.45, 7) is 10.2. The molecule has 0 spiro atoms. The second-order valence-corrected chi connectivity index (χ2v) is 7.75. The van der Waals surface area contributed by atoms with Gasteiger partial charge in [0.25, 0.3) is 0 Å². The average Bonchev–Trinajstić information content (AvgIpc) is 3.17. The summed E-state index contributed by atoms with van der Waals surface area (Å²) in [5, 5.41) is 7.07. The lowest BCUT2D eigenvalue weighted by atomic mass is 10.1. The molecule has 6 nitrogen and oxygen atoms in total. The SMILES string of the molecule is Cc1cc([C@H](C)NC(=O)N2CCN(Cc3ccon3)CC2)c(C)s1. The number of amides is 2. The highest BCUT2D eigenvalue weighted by molar-refractivity contribution is 7.12. The summed E-state index contributed by atoms with van der Waals surface area (Å²) < 4.78 is 4.86. The highest BCUT2D eigenvalue weighted by Gasteiger charge is 2.23. The highest BCUT2D eigenvalue weighted by Crippen LogP contribution is 2.26. The number of nitrogens with one attached hydrogen (secondary N) is 1. The zero-order chi connectivity index (χ0) is 17.1. The van der Waals surface area contributed by atoms with E-state index in [1.165, 1.54) is 15.3 Å². The van der Waals surface area contributed by atoms with Crippen molar-refractivity contribution < 1.29 is 9.32 Å². The van der Waals surface area contributed by atoms with Crippen molar-refractivity contribution in [2.24, 2.45) is 0 Å². The molecule has 0 aromatic carbocycles. The van der Waals surface area contributed by atoms with E-state index in [9.17, 15) is 4.79 Å². The Labute approximate surface area is 146 Å². The van der Waals surface area contributed by atoms with Crippen molar-refractivity contribution in [3.63, 3.8) is 0 Å². The zero-order valence-corrected chi connectivity index (χ0v) is 15.2. The van der Waals surface area contributed by atoms with Crippen LogP contribution >= 0.6 is 11.3 Å². The molecule has 1 aliphatic rings. The summed E-state index contributed by atoms with van der Waals surface area (Å²) in [5.41, 5.74) is 2.15. The Morgan fingerprint density at radius 3 is 2.71 bits per heavy atom. The van der Waals surface area contributed by atoms with Gasteiger partial charge in [-0.05, 0) is 32.4 Å². The molecule has 1 atom stereocenters. The lowest BCUT2D eigenvalue weighted by Crippen LogP contribution is -2.51. The van der Waals surface area contributed by atoms with E-state index in [1.54, 1.807) is 17.6 Å². The third-order valence-corrected chi connectivity index (χ3v) is 5.40. The van der Waals surface area contributed by atoms with Gasteiger partial charge >= 0.3 is 6.03 Å². The van der Waals surface area contributed by atoms with Gasteiger partial charge in [0.05, 0.1) is 11.7 Å². The molecule has 1 fully saturated rings. The molecule has 2 aromatic rings. The van der Waals surface area contributed by atoms with Gasteiger partial charge in [0.2, 0.25) is 0 Å². The van der Waals surface area contributed by atoms with Crippen molar-refractivity contribution in [1.29, 1.82) is 0 Å². The minimum Gasteiger partial charge on any atom is -0.364 e. The van der Waals surface area contributed by atoms with Crippen molar-refractivity contribution in [2.45, 2.75) is 33.4 Å². The van der Waals surface area contributed by atoms with Gasteiger partial charge in [0.1, 0.15) is 6.26 Å². The molecular formula is C17H24N4O2S. The zero-order valence-electron chi connectivity index (χ0n) is 14.4. The number of piperazine rings is 1. The van der Waals surface area contributed by atoms with Gasteiger partial charge in [-0.1, -0.05) is 5.16 Å². The van der Waals surface area contributed by atoms with E-state index in [2.05, 4.69) is 35.3 Å². The van der Waals surface area contributed by atoms with Crippen LogP contribution in [0.15, 0.2) is 22.9 Å². The number of rotatable bonds is 4. The van der Waals surface area contributed by atoms with Crippen LogP contribution in [0.1, 0.15) is 34.0 Å². The molecule has 1 aliphatic heterocycles. The smallest absolute Gasteiger partial charge is 0.317 e. The number of hydrogen-bond acceptors (Lipinski definition) is 5. The van der Waals surface area contributed by atoms with E-state index >= 15 is 0 Å². The molecule has 0 aliphatic carbocycles. The highest BCUT2D eigenvalue weighted by atomic mass is 32.1. The second kappa shape index (κ2) is 7.36. The van der Waals surface area contributed by atoms with Gasteiger partial charge in [-0.25, -0.2) is 4.79 Å². The predicted molar refractivity (Wildman–Crippen MR) is 94.1 cm³/mol. The maximum Gasteiger partial charge on any atom is 0.317 e. The lowest BCUT2D eigenvalue weighted by molar-refractivity contribution is 0.132. The molecular weight excluding hydrogens is 324 g/mol. The Balaban J connectivity index is 1.49. The summed E-state index contributed by atoms with van der Waals surface area (Å²) in [5.74, 6) is 0. The third kappa shape index (κ3) is 3.96. The van der Waals surface area contributed by atoms with E-state index in [4.69, 9.17) is 4.52 Å². The molecule has 24 heavy (non-hydrogen) atoms. The van der Waals surface area contributed by atoms with Gasteiger partial charge in [0.15, 0.2) is 0 Å². The summed E-state index contributed by atoms with van der Waals surface area (Å²) in [4.78, 5) is 19.2. The van der Waals surface area contributed by atoms with Crippen LogP contribution in [-0.2, 0) is 6.54 Å². The Morgan fingerprint density at radius 1 is 1.38 bits per heavy atom. The van der Waals surface area contributed by atoms with Gasteiger partial charge in [0, 0.05) is 48.5 Å². The van der Waals surface area contributed by atoms with Gasteiger partial charge in [-0.2, -0.15) is 0 Å². The molecule has 3 heterocycles. The minimum atomic E-state index is 0.0202.